The number of benzene rings is 3. The average molecular weight is 729 g/mol. The first-order chi connectivity index (χ1) is 24.8. The maximum atomic E-state index is 14.0. The second-order valence-corrected chi connectivity index (χ2v) is 16.1. The van der Waals surface area contributed by atoms with Crippen molar-refractivity contribution in [3.63, 3.8) is 0 Å². The summed E-state index contributed by atoms with van der Waals surface area (Å²) < 4.78 is 13.8. The van der Waals surface area contributed by atoms with Crippen LogP contribution in [0.25, 0.3) is 10.8 Å². The number of carbonyl (C=O) groups is 3. The van der Waals surface area contributed by atoms with E-state index in [0.717, 1.165) is 17.2 Å². The van der Waals surface area contributed by atoms with Crippen molar-refractivity contribution in [2.24, 2.45) is 5.92 Å². The molecule has 52 heavy (non-hydrogen) atoms. The zero-order chi connectivity index (χ0) is 37.4. The van der Waals surface area contributed by atoms with Crippen LogP contribution in [0.1, 0.15) is 63.4 Å². The number of aliphatic hydroxyl groups is 1. The van der Waals surface area contributed by atoms with Crippen LogP contribution in [0.15, 0.2) is 90.3 Å². The molecule has 5 rings (SSSR count). The van der Waals surface area contributed by atoms with Gasteiger partial charge in [-0.3, -0.25) is 19.3 Å². The van der Waals surface area contributed by atoms with Crippen molar-refractivity contribution >= 4 is 40.3 Å². The monoisotopic (exact) mass is 728 g/mol. The fourth-order valence-corrected chi connectivity index (χ4v) is 7.46. The lowest BCUT2D eigenvalue weighted by Crippen LogP contribution is -2.60. The Balaban J connectivity index is 1.34. The van der Waals surface area contributed by atoms with Crippen molar-refractivity contribution in [2.45, 2.75) is 94.1 Å². The number of carbonyl (C=O) groups excluding carboxylic acids is 3. The molecule has 12 heteroatoms. The van der Waals surface area contributed by atoms with Gasteiger partial charge in [0.25, 0.3) is 5.91 Å². The van der Waals surface area contributed by atoms with Gasteiger partial charge in [0.05, 0.1) is 18.2 Å². The highest BCUT2D eigenvalue weighted by atomic mass is 32.2. The van der Waals surface area contributed by atoms with Crippen LogP contribution in [0.5, 0.6) is 0 Å². The summed E-state index contributed by atoms with van der Waals surface area (Å²) in [5.41, 5.74) is 0.679. The normalized spacial score (nSPS) is 18.4. The summed E-state index contributed by atoms with van der Waals surface area (Å²) in [5, 5.41) is 23.5. The van der Waals surface area contributed by atoms with Gasteiger partial charge in [0.15, 0.2) is 5.16 Å². The zero-order valence-electron chi connectivity index (χ0n) is 30.4. The van der Waals surface area contributed by atoms with E-state index in [-0.39, 0.29) is 35.9 Å². The predicted molar refractivity (Wildman–Crippen MR) is 202 cm³/mol. The minimum absolute atomic E-state index is 0.0826. The van der Waals surface area contributed by atoms with E-state index in [9.17, 15) is 23.9 Å². The van der Waals surface area contributed by atoms with Crippen LogP contribution in [-0.4, -0.2) is 85.8 Å². The number of aliphatic hydroxyl groups excluding tert-OH is 1. The summed E-state index contributed by atoms with van der Waals surface area (Å²) in [7, 11) is 0. The molecule has 3 aromatic carbocycles. The number of aromatic nitrogens is 2. The summed E-state index contributed by atoms with van der Waals surface area (Å²) >= 11 is 1.54. The zero-order valence-corrected chi connectivity index (χ0v) is 31.2. The molecule has 1 aromatic heterocycles. The fraction of sp³-hybridized carbons (Fsp3) is 0.425. The van der Waals surface area contributed by atoms with E-state index in [1.165, 1.54) is 23.9 Å². The Bertz CT molecular complexity index is 1820. The number of hydrogen-bond acceptors (Lipinski definition) is 8. The molecule has 1 aliphatic rings. The molecule has 2 heterocycles. The summed E-state index contributed by atoms with van der Waals surface area (Å²) in [4.78, 5) is 51.8. The molecule has 1 saturated heterocycles. The maximum absolute atomic E-state index is 14.0. The molecule has 1 fully saturated rings. The second-order valence-electron chi connectivity index (χ2n) is 14.8. The highest BCUT2D eigenvalue weighted by Gasteiger charge is 2.38. The van der Waals surface area contributed by atoms with E-state index in [4.69, 9.17) is 0 Å². The number of thioether (sulfide) groups is 1. The Hall–Kier alpha value is -4.39. The first-order valence-corrected chi connectivity index (χ1v) is 18.7. The van der Waals surface area contributed by atoms with Crippen molar-refractivity contribution in [1.82, 2.24) is 30.8 Å². The van der Waals surface area contributed by atoms with Crippen molar-refractivity contribution in [2.75, 3.05) is 13.1 Å². The summed E-state index contributed by atoms with van der Waals surface area (Å²) in [6.07, 6.45) is 3.73. The van der Waals surface area contributed by atoms with Crippen LogP contribution >= 0.6 is 11.8 Å². The Morgan fingerprint density at radius 1 is 0.962 bits per heavy atom. The number of nitrogens with zero attached hydrogens (tertiary/aromatic N) is 3. The third kappa shape index (κ3) is 10.8. The van der Waals surface area contributed by atoms with E-state index in [0.29, 0.717) is 29.2 Å². The Morgan fingerprint density at radius 2 is 1.65 bits per heavy atom. The van der Waals surface area contributed by atoms with Crippen LogP contribution in [0.3, 0.4) is 0 Å². The predicted octanol–water partition coefficient (Wildman–Crippen LogP) is 5.15. The molecule has 10 nitrogen and oxygen atoms in total. The van der Waals surface area contributed by atoms with Gasteiger partial charge in [-0.25, -0.2) is 14.4 Å². The number of hydrogen-bond donors (Lipinski definition) is 4. The molecule has 0 aliphatic carbocycles. The van der Waals surface area contributed by atoms with Crippen molar-refractivity contribution in [3.8, 4) is 0 Å². The number of rotatable bonds is 13. The van der Waals surface area contributed by atoms with Crippen LogP contribution in [0.4, 0.5) is 4.39 Å². The minimum atomic E-state index is -1.11. The van der Waals surface area contributed by atoms with Crippen LogP contribution in [0.2, 0.25) is 0 Å². The number of β-amino-alcohol motifs (C(OH)–C–C–N with tert-alkyl or cyclic N) is 1. The van der Waals surface area contributed by atoms with E-state index >= 15 is 0 Å². The SMILES string of the molecule is CC(C)C(NC(=O)c1ccc2ccccc2c1)C(=O)NC(Cc1ccc(F)cc1)C(O)CN1CC[C@@H](Sc2ncccn2)C[C@H]1C(=O)NC(C)(C)C. The quantitative estimate of drug-likeness (QED) is 0.139. The first-order valence-electron chi connectivity index (χ1n) is 17.8. The van der Waals surface area contributed by atoms with E-state index in [1.54, 1.807) is 42.7 Å². The number of halogens is 1. The van der Waals surface area contributed by atoms with E-state index in [1.807, 2.05) is 69.9 Å². The molecule has 0 bridgehead atoms. The number of fused-ring (bicyclic) bond motifs is 1. The molecule has 0 spiro atoms. The molecule has 276 valence electrons. The average Bonchev–Trinajstić information content (AvgIpc) is 3.11. The van der Waals surface area contributed by atoms with Crippen molar-refractivity contribution in [1.29, 1.82) is 0 Å². The third-order valence-electron chi connectivity index (χ3n) is 9.11. The molecule has 4 N–H and O–H groups in total. The van der Waals surface area contributed by atoms with Gasteiger partial charge in [0.1, 0.15) is 11.9 Å². The van der Waals surface area contributed by atoms with Gasteiger partial charge in [-0.2, -0.15) is 0 Å². The highest BCUT2D eigenvalue weighted by molar-refractivity contribution is 7.99. The Kier molecular flexibility index (Phi) is 13.0. The minimum Gasteiger partial charge on any atom is -0.390 e. The molecule has 1 aliphatic heterocycles. The summed E-state index contributed by atoms with van der Waals surface area (Å²) in [5.74, 6) is -1.65. The third-order valence-corrected chi connectivity index (χ3v) is 10.3. The van der Waals surface area contributed by atoms with Crippen LogP contribution in [-0.2, 0) is 16.0 Å². The first kappa shape index (κ1) is 38.8. The van der Waals surface area contributed by atoms with Crippen molar-refractivity contribution in [3.05, 3.63) is 102 Å². The second kappa shape index (κ2) is 17.4. The molecule has 5 atom stereocenters. The Morgan fingerprint density at radius 3 is 2.33 bits per heavy atom. The van der Waals surface area contributed by atoms with Crippen LogP contribution < -0.4 is 16.0 Å². The molecular formula is C40H49FN6O4S. The lowest BCUT2D eigenvalue weighted by molar-refractivity contribution is -0.130. The van der Waals surface area contributed by atoms with Gasteiger partial charge in [-0.1, -0.05) is 68.1 Å². The van der Waals surface area contributed by atoms with Gasteiger partial charge < -0.3 is 21.1 Å². The molecule has 4 aromatic rings. The van der Waals surface area contributed by atoms with Gasteiger partial charge in [0, 0.05) is 41.8 Å². The number of amides is 3. The van der Waals surface area contributed by atoms with Gasteiger partial charge >= 0.3 is 0 Å². The fourth-order valence-electron chi connectivity index (χ4n) is 6.42. The molecule has 3 unspecified atom stereocenters. The lowest BCUT2D eigenvalue weighted by Gasteiger charge is -2.41. The summed E-state index contributed by atoms with van der Waals surface area (Å²) in [6.45, 7) is 10.1. The standard InChI is InChI=1S/C40H49FN6O4S/c1-25(2)35(45-36(49)29-14-13-27-9-6-7-10-28(27)22-29)38(51)44-32(21-26-11-15-30(41)16-12-26)34(48)24-47-20-17-31(52-39-42-18-8-19-43-39)23-33(47)37(50)46-40(3,4)5/h6-16,18-19,22,25,31-35,48H,17,20-21,23-24H2,1-5H3,(H,44,51)(H,45,49)(H,46,50)/t31-,32?,33+,34?,35?/m1/s1. The number of likely N-dealkylation sites (tertiary alicyclic amines) is 1. The Labute approximate surface area is 309 Å². The highest BCUT2D eigenvalue weighted by Crippen LogP contribution is 2.31. The number of nitrogens with one attached hydrogen (secondary N) is 3. The number of piperidine rings is 1. The van der Waals surface area contributed by atoms with Gasteiger partial charge in [-0.05, 0) is 92.6 Å². The molecular weight excluding hydrogens is 680 g/mol. The molecule has 0 saturated carbocycles. The van der Waals surface area contributed by atoms with Crippen LogP contribution in [0, 0.1) is 11.7 Å². The molecule has 0 radical (unpaired) electrons. The van der Waals surface area contributed by atoms with Gasteiger partial charge in [0.2, 0.25) is 11.8 Å². The lowest BCUT2D eigenvalue weighted by atomic mass is 9.95. The smallest absolute Gasteiger partial charge is 0.251 e. The van der Waals surface area contributed by atoms with E-state index < -0.39 is 41.5 Å². The largest absolute Gasteiger partial charge is 0.390 e. The van der Waals surface area contributed by atoms with Gasteiger partial charge in [-0.15, -0.1) is 0 Å². The molecule has 3 amide bonds. The summed E-state index contributed by atoms with van der Waals surface area (Å²) in [6, 6.07) is 18.5. The topological polar surface area (TPSA) is 137 Å². The van der Waals surface area contributed by atoms with E-state index in [2.05, 4.69) is 25.9 Å². The maximum Gasteiger partial charge on any atom is 0.251 e. The van der Waals surface area contributed by atoms with Crippen molar-refractivity contribution < 1.29 is 23.9 Å².